The Labute approximate surface area is 230 Å². The van der Waals surface area contributed by atoms with Crippen molar-refractivity contribution in [3.63, 3.8) is 0 Å². The minimum absolute atomic E-state index is 0.0692. The number of nitrogens with zero attached hydrogens (tertiary/aromatic N) is 1. The number of carboxylic acid groups (broad SMARTS) is 1. The van der Waals surface area contributed by atoms with E-state index in [1.54, 1.807) is 0 Å². The number of aryl methyl sites for hydroxylation is 1. The van der Waals surface area contributed by atoms with Crippen molar-refractivity contribution in [1.29, 1.82) is 0 Å². The minimum atomic E-state index is -0.819. The van der Waals surface area contributed by atoms with Gasteiger partial charge in [-0.05, 0) is 73.1 Å². The van der Waals surface area contributed by atoms with E-state index in [1.165, 1.54) is 11.1 Å². The van der Waals surface area contributed by atoms with E-state index in [0.29, 0.717) is 30.0 Å². The van der Waals surface area contributed by atoms with Crippen molar-refractivity contribution in [3.8, 4) is 5.75 Å². The number of hydrogen-bond donors (Lipinski definition) is 1. The molecule has 5 heteroatoms. The molecule has 5 nitrogen and oxygen atoms in total. The first-order valence-corrected chi connectivity index (χ1v) is 13.7. The SMILES string of the molecule is C=CCCC(Oc1ccc(C(=O)c2cn(CCCC(=O)O)c3ccccc23)cc1)c1ccccc1CC(C)C. The Hall–Kier alpha value is -4.12. The van der Waals surface area contributed by atoms with Gasteiger partial charge in [-0.1, -0.05) is 62.4 Å². The number of ether oxygens (including phenoxy) is 1. The lowest BCUT2D eigenvalue weighted by Crippen LogP contribution is -2.11. The molecule has 1 heterocycles. The lowest BCUT2D eigenvalue weighted by molar-refractivity contribution is -0.137. The highest BCUT2D eigenvalue weighted by molar-refractivity contribution is 6.16. The lowest BCUT2D eigenvalue weighted by atomic mass is 9.93. The number of carbonyl (C=O) groups excluding carboxylic acids is 1. The van der Waals surface area contributed by atoms with E-state index in [2.05, 4.69) is 44.7 Å². The van der Waals surface area contributed by atoms with Crippen LogP contribution in [0, 0.1) is 5.92 Å². The van der Waals surface area contributed by atoms with Crippen LogP contribution in [0.25, 0.3) is 10.9 Å². The molecule has 0 bridgehead atoms. The number of ketones is 1. The third-order valence-corrected chi connectivity index (χ3v) is 6.88. The molecule has 4 rings (SSSR count). The maximum absolute atomic E-state index is 13.5. The second-order valence-electron chi connectivity index (χ2n) is 10.4. The highest BCUT2D eigenvalue weighted by atomic mass is 16.5. The van der Waals surface area contributed by atoms with Crippen LogP contribution in [-0.2, 0) is 17.8 Å². The summed E-state index contributed by atoms with van der Waals surface area (Å²) in [5.41, 5.74) is 4.62. The topological polar surface area (TPSA) is 68.5 Å². The molecule has 0 saturated carbocycles. The standard InChI is InChI=1S/C34H37NO4/c1-4-5-15-32(28-12-7-6-11-26(28)22-24(2)3)39-27-19-17-25(18-20-27)34(38)30-23-35(21-10-16-33(36)37)31-14-9-8-13-29(30)31/h4,6-9,11-14,17-20,23-24,32H,1,5,10,15-16,21-22H2,2-3H3,(H,36,37). The molecule has 1 aromatic heterocycles. The van der Waals surface area contributed by atoms with Gasteiger partial charge in [0.1, 0.15) is 11.9 Å². The maximum Gasteiger partial charge on any atom is 0.303 e. The molecule has 0 spiro atoms. The van der Waals surface area contributed by atoms with Gasteiger partial charge in [0.05, 0.1) is 0 Å². The van der Waals surface area contributed by atoms with Crippen molar-refractivity contribution in [2.45, 2.75) is 58.6 Å². The minimum Gasteiger partial charge on any atom is -0.486 e. The zero-order chi connectivity index (χ0) is 27.8. The van der Waals surface area contributed by atoms with Gasteiger partial charge in [-0.3, -0.25) is 9.59 Å². The van der Waals surface area contributed by atoms with Crippen molar-refractivity contribution in [1.82, 2.24) is 4.57 Å². The molecule has 1 atom stereocenters. The van der Waals surface area contributed by atoms with Gasteiger partial charge in [0.15, 0.2) is 5.78 Å². The van der Waals surface area contributed by atoms with E-state index in [9.17, 15) is 9.59 Å². The van der Waals surface area contributed by atoms with Gasteiger partial charge in [-0.15, -0.1) is 6.58 Å². The van der Waals surface area contributed by atoms with Gasteiger partial charge in [0, 0.05) is 41.2 Å². The molecule has 3 aromatic carbocycles. The number of carbonyl (C=O) groups is 2. The molecule has 202 valence electrons. The third-order valence-electron chi connectivity index (χ3n) is 6.88. The van der Waals surface area contributed by atoms with Crippen molar-refractivity contribution >= 4 is 22.7 Å². The fourth-order valence-electron chi connectivity index (χ4n) is 5.04. The van der Waals surface area contributed by atoms with Gasteiger partial charge in [0.2, 0.25) is 0 Å². The average molecular weight is 524 g/mol. The van der Waals surface area contributed by atoms with E-state index in [1.807, 2.05) is 65.4 Å². The van der Waals surface area contributed by atoms with Crippen molar-refractivity contribution in [2.75, 3.05) is 0 Å². The highest BCUT2D eigenvalue weighted by Crippen LogP contribution is 2.31. The van der Waals surface area contributed by atoms with E-state index >= 15 is 0 Å². The molecule has 1 N–H and O–H groups in total. The van der Waals surface area contributed by atoms with Crippen molar-refractivity contribution < 1.29 is 19.4 Å². The predicted octanol–water partition coefficient (Wildman–Crippen LogP) is 8.02. The van der Waals surface area contributed by atoms with Crippen molar-refractivity contribution in [2.24, 2.45) is 5.92 Å². The van der Waals surface area contributed by atoms with Crippen LogP contribution in [-0.4, -0.2) is 21.4 Å². The number of para-hydroxylation sites is 1. The summed E-state index contributed by atoms with van der Waals surface area (Å²) in [7, 11) is 0. The molecule has 0 radical (unpaired) electrons. The number of allylic oxidation sites excluding steroid dienone is 1. The van der Waals surface area contributed by atoms with Crippen LogP contribution in [0.5, 0.6) is 5.75 Å². The van der Waals surface area contributed by atoms with Gasteiger partial charge >= 0.3 is 5.97 Å². The maximum atomic E-state index is 13.5. The molecule has 4 aromatic rings. The Morgan fingerprint density at radius 1 is 1.00 bits per heavy atom. The second kappa shape index (κ2) is 13.1. The first kappa shape index (κ1) is 27.9. The molecule has 0 aliphatic heterocycles. The number of aromatic nitrogens is 1. The summed E-state index contributed by atoms with van der Waals surface area (Å²) in [5, 5.41) is 9.87. The summed E-state index contributed by atoms with van der Waals surface area (Å²) in [4.78, 5) is 24.5. The molecule has 0 saturated heterocycles. The van der Waals surface area contributed by atoms with Gasteiger partial charge in [-0.2, -0.15) is 0 Å². The van der Waals surface area contributed by atoms with E-state index in [0.717, 1.165) is 35.9 Å². The molecule has 39 heavy (non-hydrogen) atoms. The first-order valence-electron chi connectivity index (χ1n) is 13.7. The molecule has 1 unspecified atom stereocenters. The highest BCUT2D eigenvalue weighted by Gasteiger charge is 2.19. The van der Waals surface area contributed by atoms with Crippen molar-refractivity contribution in [3.05, 3.63) is 114 Å². The van der Waals surface area contributed by atoms with E-state index < -0.39 is 5.97 Å². The van der Waals surface area contributed by atoms with Gasteiger partial charge in [0.25, 0.3) is 0 Å². The van der Waals surface area contributed by atoms with Crippen LogP contribution in [0.1, 0.15) is 72.7 Å². The second-order valence-corrected chi connectivity index (χ2v) is 10.4. The fraction of sp³-hybridized carbons (Fsp3) is 0.294. The Morgan fingerprint density at radius 3 is 2.44 bits per heavy atom. The molecule has 0 aliphatic carbocycles. The summed E-state index contributed by atoms with van der Waals surface area (Å²) in [6, 6.07) is 23.6. The number of fused-ring (bicyclic) bond motifs is 1. The van der Waals surface area contributed by atoms with Gasteiger partial charge in [-0.25, -0.2) is 0 Å². The molecule has 0 aliphatic rings. The van der Waals surface area contributed by atoms with Crippen LogP contribution in [0.2, 0.25) is 0 Å². The Bertz CT molecular complexity index is 1430. The molecular formula is C34H37NO4. The normalized spacial score (nSPS) is 12.0. The van der Waals surface area contributed by atoms with E-state index in [4.69, 9.17) is 9.84 Å². The quantitative estimate of drug-likeness (QED) is 0.134. The Kier molecular flexibility index (Phi) is 9.37. The summed E-state index contributed by atoms with van der Waals surface area (Å²) < 4.78 is 8.47. The molecule has 0 amide bonds. The summed E-state index contributed by atoms with van der Waals surface area (Å²) in [6.07, 6.45) is 6.89. The smallest absolute Gasteiger partial charge is 0.303 e. The van der Waals surface area contributed by atoms with Crippen LogP contribution in [0.4, 0.5) is 0 Å². The molecule has 0 fully saturated rings. The first-order chi connectivity index (χ1) is 18.9. The zero-order valence-corrected chi connectivity index (χ0v) is 22.8. The van der Waals surface area contributed by atoms with Gasteiger partial charge < -0.3 is 14.4 Å². The molecular weight excluding hydrogens is 486 g/mol. The predicted molar refractivity (Wildman–Crippen MR) is 156 cm³/mol. The summed E-state index contributed by atoms with van der Waals surface area (Å²) >= 11 is 0. The number of aliphatic carboxylic acids is 1. The number of rotatable bonds is 14. The summed E-state index contributed by atoms with van der Waals surface area (Å²) in [5.74, 6) is 0.371. The number of benzene rings is 3. The van der Waals surface area contributed by atoms with Crippen LogP contribution >= 0.6 is 0 Å². The Balaban J connectivity index is 1.56. The van der Waals surface area contributed by atoms with Crippen LogP contribution in [0.3, 0.4) is 0 Å². The van der Waals surface area contributed by atoms with E-state index in [-0.39, 0.29) is 18.3 Å². The lowest BCUT2D eigenvalue weighted by Gasteiger charge is -2.23. The third kappa shape index (κ3) is 7.05. The van der Waals surface area contributed by atoms with Crippen LogP contribution in [0.15, 0.2) is 91.6 Å². The summed E-state index contributed by atoms with van der Waals surface area (Å²) in [6.45, 7) is 8.87. The number of hydrogen-bond acceptors (Lipinski definition) is 3. The largest absolute Gasteiger partial charge is 0.486 e. The van der Waals surface area contributed by atoms with Crippen LogP contribution < -0.4 is 4.74 Å². The Morgan fingerprint density at radius 2 is 1.72 bits per heavy atom. The average Bonchev–Trinajstić information content (AvgIpc) is 3.29. The number of carboxylic acids is 1. The fourth-order valence-corrected chi connectivity index (χ4v) is 5.04. The monoisotopic (exact) mass is 523 g/mol. The zero-order valence-electron chi connectivity index (χ0n) is 22.8.